The Morgan fingerprint density at radius 3 is 2.63 bits per heavy atom. The molecule has 178 valence electrons. The van der Waals surface area contributed by atoms with Crippen LogP contribution in [-0.2, 0) is 13.1 Å². The van der Waals surface area contributed by atoms with Gasteiger partial charge in [0.25, 0.3) is 5.91 Å². The predicted octanol–water partition coefficient (Wildman–Crippen LogP) is 3.31. The number of nitriles is 1. The molecule has 0 unspecified atom stereocenters. The van der Waals surface area contributed by atoms with Gasteiger partial charge in [0.15, 0.2) is 0 Å². The Bertz CT molecular complexity index is 1320. The highest BCUT2D eigenvalue weighted by Gasteiger charge is 2.35. The zero-order valence-corrected chi connectivity index (χ0v) is 19.5. The first-order valence-electron chi connectivity index (χ1n) is 11.3. The molecule has 0 saturated heterocycles. The molecule has 2 aromatic carbocycles. The van der Waals surface area contributed by atoms with Crippen LogP contribution in [0.25, 0.3) is 11.3 Å². The number of rotatable bonds is 5. The highest BCUT2D eigenvalue weighted by molar-refractivity contribution is 6.30. The summed E-state index contributed by atoms with van der Waals surface area (Å²) in [5.41, 5.74) is 8.39. The summed E-state index contributed by atoms with van der Waals surface area (Å²) in [5.74, 6) is 0.114. The van der Waals surface area contributed by atoms with Crippen molar-refractivity contribution < 1.29 is 14.3 Å². The summed E-state index contributed by atoms with van der Waals surface area (Å²) in [6.07, 6.45) is 1.41. The van der Waals surface area contributed by atoms with Crippen LogP contribution in [0.2, 0.25) is 5.02 Å². The topological polar surface area (TPSA) is 126 Å². The van der Waals surface area contributed by atoms with E-state index < -0.39 is 5.91 Å². The van der Waals surface area contributed by atoms with Gasteiger partial charge in [-0.15, -0.1) is 0 Å². The van der Waals surface area contributed by atoms with E-state index in [1.54, 1.807) is 52.0 Å². The molecule has 0 spiro atoms. The first-order valence-corrected chi connectivity index (χ1v) is 11.7. The lowest BCUT2D eigenvalue weighted by atomic mass is 9.89. The Kier molecular flexibility index (Phi) is 6.05. The maximum absolute atomic E-state index is 12.9. The first-order chi connectivity index (χ1) is 16.9. The Balaban J connectivity index is 1.21. The predicted molar refractivity (Wildman–Crippen MR) is 129 cm³/mol. The third-order valence-corrected chi connectivity index (χ3v) is 6.56. The summed E-state index contributed by atoms with van der Waals surface area (Å²) in [6, 6.07) is 16.0. The van der Waals surface area contributed by atoms with Crippen molar-refractivity contribution in [2.45, 2.75) is 38.1 Å². The van der Waals surface area contributed by atoms with Crippen LogP contribution in [0.4, 0.5) is 4.79 Å². The Hall–Kier alpha value is -4.03. The minimum absolute atomic E-state index is 0.00958. The van der Waals surface area contributed by atoms with E-state index in [0.29, 0.717) is 64.8 Å². The minimum Gasteiger partial charge on any atom is -0.490 e. The number of ether oxygens (including phenoxy) is 1. The van der Waals surface area contributed by atoms with Gasteiger partial charge in [-0.25, -0.2) is 4.79 Å². The number of carbonyl (C=O) groups is 2. The summed E-state index contributed by atoms with van der Waals surface area (Å²) in [5, 5.41) is 17.1. The number of urea groups is 1. The van der Waals surface area contributed by atoms with Gasteiger partial charge in [0.1, 0.15) is 17.5 Å². The van der Waals surface area contributed by atoms with E-state index >= 15 is 0 Å². The fraction of sp³-hybridized carbons (Fsp3) is 0.280. The van der Waals surface area contributed by atoms with Gasteiger partial charge in [-0.2, -0.15) is 10.4 Å². The monoisotopic (exact) mass is 490 g/mol. The maximum Gasteiger partial charge on any atom is 0.318 e. The van der Waals surface area contributed by atoms with Crippen LogP contribution in [0.1, 0.15) is 34.5 Å². The van der Waals surface area contributed by atoms with E-state index in [2.05, 4.69) is 16.5 Å². The van der Waals surface area contributed by atoms with E-state index in [0.717, 1.165) is 0 Å². The van der Waals surface area contributed by atoms with Crippen LogP contribution in [0.15, 0.2) is 48.5 Å². The van der Waals surface area contributed by atoms with E-state index in [4.69, 9.17) is 27.3 Å². The quantitative estimate of drug-likeness (QED) is 0.567. The lowest BCUT2D eigenvalue weighted by molar-refractivity contribution is 0.0832. The van der Waals surface area contributed by atoms with E-state index in [1.807, 2.05) is 6.07 Å². The number of nitrogens with zero attached hydrogens (tertiary/aromatic N) is 4. The molecule has 35 heavy (non-hydrogen) atoms. The molecule has 1 saturated carbocycles. The molecular formula is C25H23ClN6O3. The molecule has 0 radical (unpaired) electrons. The number of carbonyl (C=O) groups excluding carboxylic acids is 2. The SMILES string of the molecule is N#Cc1ccc(O[C@H]2C[C@H](NC(=O)N3CCn4nc(-c5cccc(Cl)c5)c(C(N)=O)c4C3)C2)cc1. The summed E-state index contributed by atoms with van der Waals surface area (Å²) >= 11 is 6.12. The van der Waals surface area contributed by atoms with Crippen molar-refractivity contribution in [3.63, 3.8) is 0 Å². The number of aromatic nitrogens is 2. The zero-order valence-electron chi connectivity index (χ0n) is 18.8. The van der Waals surface area contributed by atoms with Gasteiger partial charge in [0.2, 0.25) is 0 Å². The summed E-state index contributed by atoms with van der Waals surface area (Å²) in [7, 11) is 0. The number of benzene rings is 2. The fourth-order valence-electron chi connectivity index (χ4n) is 4.43. The number of primary amides is 1. The molecule has 1 fully saturated rings. The van der Waals surface area contributed by atoms with Crippen LogP contribution in [0.5, 0.6) is 5.75 Å². The summed E-state index contributed by atoms with van der Waals surface area (Å²) < 4.78 is 7.64. The molecule has 1 aliphatic carbocycles. The van der Waals surface area contributed by atoms with Crippen LogP contribution >= 0.6 is 11.6 Å². The normalized spacial score (nSPS) is 18.7. The average molecular weight is 491 g/mol. The van der Waals surface area contributed by atoms with E-state index in [9.17, 15) is 9.59 Å². The van der Waals surface area contributed by atoms with Crippen molar-refractivity contribution >= 4 is 23.5 Å². The van der Waals surface area contributed by atoms with Gasteiger partial charge in [-0.3, -0.25) is 9.48 Å². The van der Waals surface area contributed by atoms with Gasteiger partial charge in [0, 0.05) is 36.0 Å². The molecule has 1 aliphatic heterocycles. The maximum atomic E-state index is 12.9. The van der Waals surface area contributed by atoms with Crippen LogP contribution in [0.3, 0.4) is 0 Å². The van der Waals surface area contributed by atoms with Crippen molar-refractivity contribution in [1.29, 1.82) is 5.26 Å². The number of nitrogens with two attached hydrogens (primary N) is 1. The largest absolute Gasteiger partial charge is 0.490 e. The van der Waals surface area contributed by atoms with Crippen molar-refractivity contribution in [3.05, 3.63) is 70.4 Å². The first kappa shape index (κ1) is 22.7. The highest BCUT2D eigenvalue weighted by Crippen LogP contribution is 2.30. The van der Waals surface area contributed by atoms with Crippen LogP contribution in [-0.4, -0.2) is 45.3 Å². The van der Waals surface area contributed by atoms with Crippen molar-refractivity contribution in [3.8, 4) is 23.1 Å². The minimum atomic E-state index is -0.592. The Morgan fingerprint density at radius 1 is 1.17 bits per heavy atom. The number of hydrogen-bond acceptors (Lipinski definition) is 5. The summed E-state index contributed by atoms with van der Waals surface area (Å²) in [6.45, 7) is 1.15. The molecule has 5 rings (SSSR count). The standard InChI is InChI=1S/C25H23ClN6O3/c26-17-3-1-2-16(10-17)23-22(24(28)33)21-14-31(8-9-32(21)30-23)25(34)29-18-11-20(12-18)35-19-6-4-15(13-27)5-7-19/h1-7,10,18,20H,8-9,11-12,14H2,(H2,28,33)(H,29,34)/t18-,20-. The molecule has 10 heteroatoms. The molecule has 2 heterocycles. The van der Waals surface area contributed by atoms with Crippen molar-refractivity contribution in [1.82, 2.24) is 20.0 Å². The number of halogens is 1. The Labute approximate surface area is 207 Å². The molecular weight excluding hydrogens is 468 g/mol. The zero-order chi connectivity index (χ0) is 24.5. The molecule has 0 bridgehead atoms. The van der Waals surface area contributed by atoms with Gasteiger partial charge in [-0.1, -0.05) is 23.7 Å². The molecule has 3 amide bonds. The molecule has 0 atom stereocenters. The van der Waals surface area contributed by atoms with E-state index in [-0.39, 0.29) is 24.7 Å². The third kappa shape index (κ3) is 4.66. The highest BCUT2D eigenvalue weighted by atomic mass is 35.5. The number of amides is 3. The second kappa shape index (κ2) is 9.31. The van der Waals surface area contributed by atoms with Crippen molar-refractivity contribution in [2.24, 2.45) is 5.73 Å². The lowest BCUT2D eigenvalue weighted by Crippen LogP contribution is -2.54. The average Bonchev–Trinajstić information content (AvgIpc) is 3.22. The Morgan fingerprint density at radius 2 is 1.94 bits per heavy atom. The van der Waals surface area contributed by atoms with Crippen LogP contribution in [0, 0.1) is 11.3 Å². The van der Waals surface area contributed by atoms with E-state index in [1.165, 1.54) is 0 Å². The molecule has 2 aliphatic rings. The van der Waals surface area contributed by atoms with Crippen LogP contribution < -0.4 is 15.8 Å². The van der Waals surface area contributed by atoms with Crippen molar-refractivity contribution in [2.75, 3.05) is 6.54 Å². The fourth-order valence-corrected chi connectivity index (χ4v) is 4.62. The summed E-state index contributed by atoms with van der Waals surface area (Å²) in [4.78, 5) is 26.9. The smallest absolute Gasteiger partial charge is 0.318 e. The molecule has 3 aromatic rings. The number of fused-ring (bicyclic) bond motifs is 1. The number of nitrogens with one attached hydrogen (secondary N) is 1. The molecule has 9 nitrogen and oxygen atoms in total. The second-order valence-electron chi connectivity index (χ2n) is 8.68. The van der Waals surface area contributed by atoms with Gasteiger partial charge in [0.05, 0.1) is 36.0 Å². The lowest BCUT2D eigenvalue weighted by Gasteiger charge is -2.37. The third-order valence-electron chi connectivity index (χ3n) is 6.32. The molecule has 3 N–H and O–H groups in total. The van der Waals surface area contributed by atoms with Gasteiger partial charge >= 0.3 is 6.03 Å². The number of hydrogen-bond donors (Lipinski definition) is 2. The van der Waals surface area contributed by atoms with Gasteiger partial charge in [-0.05, 0) is 36.4 Å². The second-order valence-corrected chi connectivity index (χ2v) is 9.12. The molecule has 1 aromatic heterocycles. The van der Waals surface area contributed by atoms with Gasteiger partial charge < -0.3 is 20.7 Å².